The second-order valence-corrected chi connectivity index (χ2v) is 8.01. The Morgan fingerprint density at radius 1 is 1.37 bits per heavy atom. The highest BCUT2D eigenvalue weighted by Crippen LogP contribution is 2.28. The molecule has 0 radical (unpaired) electrons. The Bertz CT molecular complexity index is 362. The maximum atomic E-state index is 9.47. The van der Waals surface area contributed by atoms with Gasteiger partial charge >= 0.3 is 0 Å². The summed E-state index contributed by atoms with van der Waals surface area (Å²) in [6.45, 7) is 5.37. The smallest absolute Gasteiger partial charge is 0.175 e. The zero-order chi connectivity index (χ0) is 14.1. The summed E-state index contributed by atoms with van der Waals surface area (Å²) < 4.78 is 2.06. The van der Waals surface area contributed by atoms with Crippen LogP contribution in [-0.4, -0.2) is 46.0 Å². The molecule has 0 aliphatic heterocycles. The summed E-state index contributed by atoms with van der Waals surface area (Å²) in [6, 6.07) is 0. The average molecular weight is 322 g/mol. The molecule has 1 rings (SSSR count). The van der Waals surface area contributed by atoms with Crippen molar-refractivity contribution >= 4 is 34.9 Å². The highest BCUT2D eigenvalue weighted by Gasteiger charge is 2.21. The largest absolute Gasteiger partial charge is 0.394 e. The van der Waals surface area contributed by atoms with Crippen LogP contribution in [0.5, 0.6) is 0 Å². The molecule has 0 spiro atoms. The van der Waals surface area contributed by atoms with Gasteiger partial charge < -0.3 is 10.4 Å². The molecule has 110 valence electrons. The second-order valence-electron chi connectivity index (χ2n) is 4.64. The van der Waals surface area contributed by atoms with Crippen molar-refractivity contribution in [2.75, 3.05) is 25.2 Å². The standard InChI is InChI=1S/C12H23N3OS3/c1-4-7-13-12(2,9-16)6-5-8-18-11-15-14-10(17-3)19-11/h13,16H,4-9H2,1-3H3. The van der Waals surface area contributed by atoms with E-state index in [4.69, 9.17) is 0 Å². The molecule has 0 aliphatic carbocycles. The van der Waals surface area contributed by atoms with Crippen molar-refractivity contribution in [3.63, 3.8) is 0 Å². The third-order valence-electron chi connectivity index (χ3n) is 2.81. The van der Waals surface area contributed by atoms with Gasteiger partial charge in [0.15, 0.2) is 8.68 Å². The van der Waals surface area contributed by atoms with Gasteiger partial charge in [0.05, 0.1) is 6.61 Å². The number of hydrogen-bond acceptors (Lipinski definition) is 7. The molecular weight excluding hydrogens is 298 g/mol. The van der Waals surface area contributed by atoms with Crippen molar-refractivity contribution in [1.82, 2.24) is 15.5 Å². The van der Waals surface area contributed by atoms with E-state index in [1.165, 1.54) is 0 Å². The molecule has 0 aromatic carbocycles. The lowest BCUT2D eigenvalue weighted by atomic mass is 9.97. The normalized spacial score (nSPS) is 14.5. The summed E-state index contributed by atoms with van der Waals surface area (Å²) in [4.78, 5) is 0. The van der Waals surface area contributed by atoms with Crippen molar-refractivity contribution in [2.45, 2.75) is 47.3 Å². The van der Waals surface area contributed by atoms with Crippen LogP contribution in [0.15, 0.2) is 8.68 Å². The Balaban J connectivity index is 2.24. The Morgan fingerprint density at radius 3 is 2.68 bits per heavy atom. The van der Waals surface area contributed by atoms with Crippen molar-refractivity contribution in [3.05, 3.63) is 0 Å². The van der Waals surface area contributed by atoms with Gasteiger partial charge in [-0.15, -0.1) is 10.2 Å². The molecule has 0 bridgehead atoms. The first-order chi connectivity index (χ1) is 9.13. The molecule has 1 atom stereocenters. The third kappa shape index (κ3) is 6.44. The van der Waals surface area contributed by atoms with E-state index in [0.717, 1.165) is 40.2 Å². The van der Waals surface area contributed by atoms with Crippen LogP contribution in [-0.2, 0) is 0 Å². The maximum Gasteiger partial charge on any atom is 0.175 e. The lowest BCUT2D eigenvalue weighted by Gasteiger charge is -2.28. The van der Waals surface area contributed by atoms with Gasteiger partial charge in [-0.1, -0.05) is 41.8 Å². The summed E-state index contributed by atoms with van der Waals surface area (Å²) >= 11 is 5.04. The van der Waals surface area contributed by atoms with Crippen LogP contribution < -0.4 is 5.32 Å². The molecule has 0 aliphatic rings. The van der Waals surface area contributed by atoms with E-state index in [1.807, 2.05) is 6.26 Å². The van der Waals surface area contributed by atoms with Gasteiger partial charge in [0, 0.05) is 11.3 Å². The lowest BCUT2D eigenvalue weighted by Crippen LogP contribution is -2.46. The van der Waals surface area contributed by atoms with E-state index in [-0.39, 0.29) is 12.1 Å². The first-order valence-corrected chi connectivity index (χ1v) is 9.52. The zero-order valence-electron chi connectivity index (χ0n) is 11.8. The number of nitrogens with zero attached hydrogens (tertiary/aromatic N) is 2. The maximum absolute atomic E-state index is 9.47. The van der Waals surface area contributed by atoms with Crippen molar-refractivity contribution in [1.29, 1.82) is 0 Å². The molecule has 7 heteroatoms. The molecule has 0 saturated heterocycles. The van der Waals surface area contributed by atoms with Gasteiger partial charge in [-0.2, -0.15) is 0 Å². The van der Waals surface area contributed by atoms with Crippen LogP contribution in [0, 0.1) is 0 Å². The molecule has 2 N–H and O–H groups in total. The Morgan fingerprint density at radius 2 is 2.11 bits per heavy atom. The molecule has 1 heterocycles. The van der Waals surface area contributed by atoms with Gasteiger partial charge in [0.25, 0.3) is 0 Å². The van der Waals surface area contributed by atoms with E-state index in [1.54, 1.807) is 34.9 Å². The van der Waals surface area contributed by atoms with Crippen LogP contribution in [0.25, 0.3) is 0 Å². The number of aliphatic hydroxyl groups excluding tert-OH is 1. The molecule has 0 fully saturated rings. The van der Waals surface area contributed by atoms with Crippen LogP contribution >= 0.6 is 34.9 Å². The summed E-state index contributed by atoms with van der Waals surface area (Å²) in [5, 5.41) is 21.1. The minimum atomic E-state index is -0.151. The first kappa shape index (κ1) is 17.2. The number of aliphatic hydroxyl groups is 1. The first-order valence-electron chi connectivity index (χ1n) is 6.49. The van der Waals surface area contributed by atoms with Crippen molar-refractivity contribution in [2.24, 2.45) is 0 Å². The Hall–Kier alpha value is 0.180. The topological polar surface area (TPSA) is 58.0 Å². The molecule has 4 nitrogen and oxygen atoms in total. The number of nitrogens with one attached hydrogen (secondary N) is 1. The minimum Gasteiger partial charge on any atom is -0.394 e. The quantitative estimate of drug-likeness (QED) is 0.510. The Labute approximate surface area is 128 Å². The fourth-order valence-corrected chi connectivity index (χ4v) is 4.06. The predicted octanol–water partition coefficient (Wildman–Crippen LogP) is 2.88. The predicted molar refractivity (Wildman–Crippen MR) is 85.4 cm³/mol. The third-order valence-corrected chi connectivity index (χ3v) is 5.93. The molecular formula is C12H23N3OS3. The van der Waals surface area contributed by atoms with E-state index in [9.17, 15) is 5.11 Å². The van der Waals surface area contributed by atoms with E-state index in [0.29, 0.717) is 0 Å². The minimum absolute atomic E-state index is 0.151. The van der Waals surface area contributed by atoms with Crippen molar-refractivity contribution < 1.29 is 5.11 Å². The summed E-state index contributed by atoms with van der Waals surface area (Å²) in [6.07, 6.45) is 5.14. The van der Waals surface area contributed by atoms with Crippen LogP contribution in [0.2, 0.25) is 0 Å². The fourth-order valence-electron chi connectivity index (χ4n) is 1.61. The molecule has 1 aromatic rings. The summed E-state index contributed by atoms with van der Waals surface area (Å²) in [5.41, 5.74) is -0.151. The lowest BCUT2D eigenvalue weighted by molar-refractivity contribution is 0.165. The Kier molecular flexibility index (Phi) is 8.32. The van der Waals surface area contributed by atoms with Gasteiger partial charge in [-0.25, -0.2) is 0 Å². The number of thioether (sulfide) groups is 2. The van der Waals surface area contributed by atoms with Crippen molar-refractivity contribution in [3.8, 4) is 0 Å². The molecule has 0 saturated carbocycles. The highest BCUT2D eigenvalue weighted by atomic mass is 32.2. The van der Waals surface area contributed by atoms with Gasteiger partial charge in [-0.05, 0) is 39.0 Å². The molecule has 19 heavy (non-hydrogen) atoms. The van der Waals surface area contributed by atoms with Gasteiger partial charge in [0.1, 0.15) is 0 Å². The molecule has 1 unspecified atom stereocenters. The number of aromatic nitrogens is 2. The number of rotatable bonds is 10. The average Bonchev–Trinajstić information content (AvgIpc) is 2.89. The summed E-state index contributed by atoms with van der Waals surface area (Å²) in [5.74, 6) is 1.02. The molecule has 0 amide bonds. The summed E-state index contributed by atoms with van der Waals surface area (Å²) in [7, 11) is 0. The van der Waals surface area contributed by atoms with Gasteiger partial charge in [0.2, 0.25) is 0 Å². The highest BCUT2D eigenvalue weighted by molar-refractivity contribution is 8.02. The number of hydrogen-bond donors (Lipinski definition) is 2. The van der Waals surface area contributed by atoms with Crippen LogP contribution in [0.1, 0.15) is 33.1 Å². The van der Waals surface area contributed by atoms with Gasteiger partial charge in [-0.3, -0.25) is 0 Å². The van der Waals surface area contributed by atoms with E-state index < -0.39 is 0 Å². The SMILES string of the molecule is CCCNC(C)(CO)CCCSc1nnc(SC)s1. The van der Waals surface area contributed by atoms with Crippen LogP contribution in [0.4, 0.5) is 0 Å². The fraction of sp³-hybridized carbons (Fsp3) is 0.833. The second kappa shape index (κ2) is 9.18. The van der Waals surface area contributed by atoms with E-state index in [2.05, 4.69) is 29.4 Å². The van der Waals surface area contributed by atoms with Crippen LogP contribution in [0.3, 0.4) is 0 Å². The monoisotopic (exact) mass is 321 g/mol. The molecule has 1 aromatic heterocycles. The van der Waals surface area contributed by atoms with E-state index >= 15 is 0 Å². The zero-order valence-corrected chi connectivity index (χ0v) is 14.3.